The Morgan fingerprint density at radius 3 is 2.69 bits per heavy atom. The molecule has 1 fully saturated rings. The molecule has 2 aromatic carbocycles. The van der Waals surface area contributed by atoms with Crippen molar-refractivity contribution in [1.29, 1.82) is 5.26 Å². The molecule has 0 bridgehead atoms. The van der Waals surface area contributed by atoms with Crippen molar-refractivity contribution in [3.05, 3.63) is 77.2 Å². The third kappa shape index (κ3) is 4.26. The van der Waals surface area contributed by atoms with Crippen LogP contribution >= 0.6 is 11.6 Å². The Hall–Kier alpha value is -3.17. The minimum Gasteiger partial charge on any atom is -0.379 e. The molecular formula is C26H23ClN4O. The third-order valence-corrected chi connectivity index (χ3v) is 6.21. The Morgan fingerprint density at radius 2 is 1.88 bits per heavy atom. The molecule has 0 unspecified atom stereocenters. The molecule has 2 aromatic heterocycles. The van der Waals surface area contributed by atoms with E-state index in [1.54, 1.807) is 0 Å². The molecule has 160 valence electrons. The molecule has 1 aliphatic rings. The molecular weight excluding hydrogens is 420 g/mol. The van der Waals surface area contributed by atoms with Crippen LogP contribution in [0.5, 0.6) is 0 Å². The van der Waals surface area contributed by atoms with E-state index in [0.29, 0.717) is 10.6 Å². The summed E-state index contributed by atoms with van der Waals surface area (Å²) in [5.74, 6) is 0. The molecule has 5 nitrogen and oxygen atoms in total. The Morgan fingerprint density at radius 1 is 1.03 bits per heavy atom. The van der Waals surface area contributed by atoms with Crippen LogP contribution in [0.1, 0.15) is 11.3 Å². The molecule has 3 heterocycles. The van der Waals surface area contributed by atoms with Gasteiger partial charge < -0.3 is 9.72 Å². The second kappa shape index (κ2) is 9.13. The number of nitrogens with one attached hydrogen (secondary N) is 1. The quantitative estimate of drug-likeness (QED) is 0.455. The van der Waals surface area contributed by atoms with Crippen molar-refractivity contribution in [2.24, 2.45) is 0 Å². The maximum absolute atomic E-state index is 9.45. The number of nitrogens with zero attached hydrogens (tertiary/aromatic N) is 3. The molecule has 0 saturated carbocycles. The fourth-order valence-corrected chi connectivity index (χ4v) is 4.52. The Kier molecular flexibility index (Phi) is 5.91. The van der Waals surface area contributed by atoms with Crippen LogP contribution in [-0.4, -0.2) is 47.7 Å². The predicted octanol–water partition coefficient (Wildman–Crippen LogP) is 5.30. The van der Waals surface area contributed by atoms with Crippen LogP contribution in [-0.2, 0) is 11.2 Å². The van der Waals surface area contributed by atoms with Crippen molar-refractivity contribution in [3.8, 4) is 28.3 Å². The summed E-state index contributed by atoms with van der Waals surface area (Å²) in [5, 5.41) is 11.2. The lowest BCUT2D eigenvalue weighted by molar-refractivity contribution is 0.0384. The number of ether oxygens (including phenoxy) is 1. The summed E-state index contributed by atoms with van der Waals surface area (Å²) < 4.78 is 5.48. The summed E-state index contributed by atoms with van der Waals surface area (Å²) in [5.41, 5.74) is 7.02. The molecule has 0 amide bonds. The highest BCUT2D eigenvalue weighted by Gasteiger charge is 2.17. The van der Waals surface area contributed by atoms with Crippen molar-refractivity contribution < 1.29 is 4.74 Å². The molecule has 6 heteroatoms. The van der Waals surface area contributed by atoms with Gasteiger partial charge in [-0.05, 0) is 42.0 Å². The van der Waals surface area contributed by atoms with Gasteiger partial charge in [0.2, 0.25) is 0 Å². The number of fused-ring (bicyclic) bond motifs is 1. The van der Waals surface area contributed by atoms with Gasteiger partial charge in [0.1, 0.15) is 0 Å². The number of aromatic nitrogens is 2. The fraction of sp³-hybridized carbons (Fsp3) is 0.231. The van der Waals surface area contributed by atoms with E-state index >= 15 is 0 Å². The van der Waals surface area contributed by atoms with E-state index in [1.165, 1.54) is 0 Å². The normalized spacial score (nSPS) is 14.5. The molecule has 4 aromatic rings. The Balaban J connectivity index is 1.58. The lowest BCUT2D eigenvalue weighted by atomic mass is 9.98. The monoisotopic (exact) mass is 442 g/mol. The summed E-state index contributed by atoms with van der Waals surface area (Å²) in [4.78, 5) is 10.6. The van der Waals surface area contributed by atoms with Gasteiger partial charge in [0.15, 0.2) is 0 Å². The second-order valence-corrected chi connectivity index (χ2v) is 8.46. The highest BCUT2D eigenvalue weighted by atomic mass is 35.5. The fourth-order valence-electron chi connectivity index (χ4n) is 4.33. The Labute approximate surface area is 192 Å². The zero-order valence-corrected chi connectivity index (χ0v) is 18.4. The number of halogens is 1. The molecule has 1 N–H and O–H groups in total. The smallest absolute Gasteiger partial charge is 0.0991 e. The number of H-pyrrole nitrogens is 1. The van der Waals surface area contributed by atoms with Gasteiger partial charge >= 0.3 is 0 Å². The average molecular weight is 443 g/mol. The number of hydrogen-bond acceptors (Lipinski definition) is 4. The average Bonchev–Trinajstić information content (AvgIpc) is 3.21. The van der Waals surface area contributed by atoms with Crippen LogP contribution in [0.15, 0.2) is 60.9 Å². The minimum absolute atomic E-state index is 0.649. The van der Waals surface area contributed by atoms with Crippen molar-refractivity contribution >= 4 is 22.5 Å². The van der Waals surface area contributed by atoms with E-state index in [1.807, 2.05) is 54.9 Å². The van der Waals surface area contributed by atoms with Crippen molar-refractivity contribution in [1.82, 2.24) is 14.9 Å². The van der Waals surface area contributed by atoms with Gasteiger partial charge in [-0.15, -0.1) is 0 Å². The summed E-state index contributed by atoms with van der Waals surface area (Å²) in [6.45, 7) is 4.45. The topological polar surface area (TPSA) is 64.9 Å². The zero-order chi connectivity index (χ0) is 21.9. The lowest BCUT2D eigenvalue weighted by Gasteiger charge is -2.26. The van der Waals surface area contributed by atoms with Crippen molar-refractivity contribution in [2.45, 2.75) is 6.42 Å². The summed E-state index contributed by atoms with van der Waals surface area (Å²) in [7, 11) is 0. The largest absolute Gasteiger partial charge is 0.379 e. The van der Waals surface area contributed by atoms with E-state index < -0.39 is 0 Å². The van der Waals surface area contributed by atoms with Gasteiger partial charge in [-0.1, -0.05) is 23.7 Å². The van der Waals surface area contributed by atoms with Crippen LogP contribution in [0.4, 0.5) is 0 Å². The number of nitriles is 1. The maximum Gasteiger partial charge on any atom is 0.0991 e. The van der Waals surface area contributed by atoms with Gasteiger partial charge in [0.25, 0.3) is 0 Å². The maximum atomic E-state index is 9.45. The van der Waals surface area contributed by atoms with Crippen molar-refractivity contribution in [2.75, 3.05) is 32.8 Å². The number of morpholine rings is 1. The molecule has 1 saturated heterocycles. The highest BCUT2D eigenvalue weighted by Crippen LogP contribution is 2.35. The van der Waals surface area contributed by atoms with Crippen LogP contribution in [0.25, 0.3) is 33.2 Å². The van der Waals surface area contributed by atoms with Crippen LogP contribution < -0.4 is 0 Å². The van der Waals surface area contributed by atoms with Gasteiger partial charge in [-0.3, -0.25) is 9.88 Å². The molecule has 0 radical (unpaired) electrons. The van der Waals surface area contributed by atoms with Crippen LogP contribution in [0.3, 0.4) is 0 Å². The number of aromatic amines is 1. The molecule has 32 heavy (non-hydrogen) atoms. The first kappa shape index (κ1) is 20.7. The molecule has 0 aliphatic carbocycles. The standard InChI is InChI=1S/C26H23ClN4O/c27-22-3-1-2-19(14-22)20-13-21(17-29-16-20)26-23-12-18(15-28)4-5-24(23)30-25(26)6-7-31-8-10-32-11-9-31/h1-5,12-14,16-17,30H,6-11H2. The van der Waals surface area contributed by atoms with Gasteiger partial charge in [0.05, 0.1) is 24.8 Å². The SMILES string of the molecule is N#Cc1ccc2[nH]c(CCN3CCOCC3)c(-c3cncc(-c4cccc(Cl)c4)c3)c2c1. The van der Waals surface area contributed by atoms with Gasteiger partial charge in [0, 0.05) is 76.8 Å². The molecule has 1 aliphatic heterocycles. The summed E-state index contributed by atoms with van der Waals surface area (Å²) >= 11 is 6.22. The first-order chi connectivity index (χ1) is 15.7. The second-order valence-electron chi connectivity index (χ2n) is 8.03. The van der Waals surface area contributed by atoms with Crippen molar-refractivity contribution in [3.63, 3.8) is 0 Å². The van der Waals surface area contributed by atoms with Gasteiger partial charge in [-0.2, -0.15) is 5.26 Å². The molecule has 0 spiro atoms. The number of benzene rings is 2. The minimum atomic E-state index is 0.649. The summed E-state index contributed by atoms with van der Waals surface area (Å²) in [6.07, 6.45) is 4.64. The summed E-state index contributed by atoms with van der Waals surface area (Å²) in [6, 6.07) is 18.0. The molecule has 5 rings (SSSR count). The molecule has 0 atom stereocenters. The first-order valence-electron chi connectivity index (χ1n) is 10.8. The van der Waals surface area contributed by atoms with E-state index in [9.17, 15) is 5.26 Å². The first-order valence-corrected chi connectivity index (χ1v) is 11.2. The number of hydrogen-bond donors (Lipinski definition) is 1. The van der Waals surface area contributed by atoms with E-state index in [-0.39, 0.29) is 0 Å². The number of pyridine rings is 1. The van der Waals surface area contributed by atoms with E-state index in [0.717, 1.165) is 78.1 Å². The van der Waals surface area contributed by atoms with Gasteiger partial charge in [-0.25, -0.2) is 0 Å². The third-order valence-electron chi connectivity index (χ3n) is 5.97. The van der Waals surface area contributed by atoms with Crippen LogP contribution in [0, 0.1) is 11.3 Å². The Bertz CT molecular complexity index is 1300. The predicted molar refractivity (Wildman–Crippen MR) is 128 cm³/mol. The number of rotatable bonds is 5. The van der Waals surface area contributed by atoms with E-state index in [4.69, 9.17) is 16.3 Å². The van der Waals surface area contributed by atoms with Crippen LogP contribution in [0.2, 0.25) is 5.02 Å². The van der Waals surface area contributed by atoms with E-state index in [2.05, 4.69) is 27.0 Å². The highest BCUT2D eigenvalue weighted by molar-refractivity contribution is 6.30. The lowest BCUT2D eigenvalue weighted by Crippen LogP contribution is -2.37. The zero-order valence-electron chi connectivity index (χ0n) is 17.6.